The summed E-state index contributed by atoms with van der Waals surface area (Å²) in [6, 6.07) is 18.9. The van der Waals surface area contributed by atoms with Gasteiger partial charge in [0.2, 0.25) is 0 Å². The molecular weight excluding hydrogens is 304 g/mol. The lowest BCUT2D eigenvalue weighted by atomic mass is 9.88. The Morgan fingerprint density at radius 2 is 1.00 bits per heavy atom. The minimum absolute atomic E-state index is 0.355. The molecule has 0 amide bonds. The van der Waals surface area contributed by atoms with Gasteiger partial charge >= 0.3 is 11.9 Å². The van der Waals surface area contributed by atoms with E-state index in [2.05, 4.69) is 0 Å². The SMILES string of the molecule is O=C(O)C(CC[C@H](Cc1ccccc1)C(=O)O)Cc1ccccc1. The van der Waals surface area contributed by atoms with Crippen molar-refractivity contribution in [3.05, 3.63) is 71.8 Å². The van der Waals surface area contributed by atoms with Crippen molar-refractivity contribution in [3.8, 4) is 0 Å². The fourth-order valence-corrected chi connectivity index (χ4v) is 2.83. The van der Waals surface area contributed by atoms with Gasteiger partial charge in [-0.1, -0.05) is 60.7 Å². The summed E-state index contributed by atoms with van der Waals surface area (Å²) in [6.07, 6.45) is 1.56. The molecule has 0 saturated heterocycles. The number of aliphatic carboxylic acids is 2. The number of rotatable bonds is 9. The topological polar surface area (TPSA) is 74.6 Å². The van der Waals surface area contributed by atoms with Crippen LogP contribution in [0.4, 0.5) is 0 Å². The average Bonchev–Trinajstić information content (AvgIpc) is 2.58. The monoisotopic (exact) mass is 326 g/mol. The average molecular weight is 326 g/mol. The number of hydrogen-bond donors (Lipinski definition) is 2. The van der Waals surface area contributed by atoms with Gasteiger partial charge in [-0.2, -0.15) is 0 Å². The highest BCUT2D eigenvalue weighted by Gasteiger charge is 2.23. The Kier molecular flexibility index (Phi) is 6.55. The van der Waals surface area contributed by atoms with Crippen molar-refractivity contribution in [2.75, 3.05) is 0 Å². The van der Waals surface area contributed by atoms with E-state index in [1.165, 1.54) is 0 Å². The standard InChI is InChI=1S/C20H22O4/c21-19(22)17(13-15-7-3-1-4-8-15)11-12-18(20(23)24)14-16-9-5-2-6-10-16/h1-10,17-18H,11-14H2,(H,21,22)(H,23,24)/t17-,18?/m1/s1. The molecule has 1 unspecified atom stereocenters. The zero-order valence-corrected chi connectivity index (χ0v) is 13.5. The summed E-state index contributed by atoms with van der Waals surface area (Å²) in [4.78, 5) is 23.0. The maximum Gasteiger partial charge on any atom is 0.306 e. The second-order valence-corrected chi connectivity index (χ2v) is 6.03. The van der Waals surface area contributed by atoms with Crippen LogP contribution in [0.1, 0.15) is 24.0 Å². The van der Waals surface area contributed by atoms with Crippen LogP contribution in [0, 0.1) is 11.8 Å². The van der Waals surface area contributed by atoms with Crippen molar-refractivity contribution < 1.29 is 19.8 Å². The molecule has 0 fully saturated rings. The van der Waals surface area contributed by atoms with Crippen molar-refractivity contribution in [3.63, 3.8) is 0 Å². The van der Waals surface area contributed by atoms with E-state index in [4.69, 9.17) is 0 Å². The lowest BCUT2D eigenvalue weighted by Gasteiger charge is -2.16. The summed E-state index contributed by atoms with van der Waals surface area (Å²) >= 11 is 0. The van der Waals surface area contributed by atoms with Crippen LogP contribution in [0.5, 0.6) is 0 Å². The van der Waals surface area contributed by atoms with E-state index in [-0.39, 0.29) is 0 Å². The molecular formula is C20H22O4. The largest absolute Gasteiger partial charge is 0.481 e. The normalized spacial score (nSPS) is 13.2. The molecule has 0 radical (unpaired) electrons. The molecule has 0 aromatic heterocycles. The van der Waals surface area contributed by atoms with E-state index in [1.807, 2.05) is 60.7 Å². The van der Waals surface area contributed by atoms with Crippen molar-refractivity contribution in [1.29, 1.82) is 0 Å². The van der Waals surface area contributed by atoms with Crippen LogP contribution in [-0.2, 0) is 22.4 Å². The number of hydrogen-bond acceptors (Lipinski definition) is 2. The van der Waals surface area contributed by atoms with Crippen LogP contribution in [0.15, 0.2) is 60.7 Å². The number of benzene rings is 2. The Bertz CT molecular complexity index is 592. The molecule has 2 aromatic carbocycles. The minimum Gasteiger partial charge on any atom is -0.481 e. The van der Waals surface area contributed by atoms with Crippen molar-refractivity contribution in [2.45, 2.75) is 25.7 Å². The molecule has 4 nitrogen and oxygen atoms in total. The summed E-state index contributed by atoms with van der Waals surface area (Å²) in [5.41, 5.74) is 1.92. The molecule has 0 spiro atoms. The summed E-state index contributed by atoms with van der Waals surface area (Å²) in [6.45, 7) is 0. The van der Waals surface area contributed by atoms with Crippen molar-refractivity contribution in [2.24, 2.45) is 11.8 Å². The van der Waals surface area contributed by atoms with Gasteiger partial charge in [-0.3, -0.25) is 9.59 Å². The van der Waals surface area contributed by atoms with Gasteiger partial charge in [0.1, 0.15) is 0 Å². The van der Waals surface area contributed by atoms with Crippen LogP contribution >= 0.6 is 0 Å². The zero-order chi connectivity index (χ0) is 17.4. The van der Waals surface area contributed by atoms with E-state index >= 15 is 0 Å². The first-order valence-electron chi connectivity index (χ1n) is 8.09. The van der Waals surface area contributed by atoms with E-state index in [9.17, 15) is 19.8 Å². The fraction of sp³-hybridized carbons (Fsp3) is 0.300. The summed E-state index contributed by atoms with van der Waals surface area (Å²) in [7, 11) is 0. The third kappa shape index (κ3) is 5.54. The molecule has 2 N–H and O–H groups in total. The smallest absolute Gasteiger partial charge is 0.306 e. The Morgan fingerprint density at radius 1 is 0.667 bits per heavy atom. The Labute approximate surface area is 141 Å². The molecule has 0 heterocycles. The highest BCUT2D eigenvalue weighted by Crippen LogP contribution is 2.21. The lowest BCUT2D eigenvalue weighted by molar-refractivity contribution is -0.145. The van der Waals surface area contributed by atoms with Crippen LogP contribution in [0.25, 0.3) is 0 Å². The summed E-state index contributed by atoms with van der Waals surface area (Å²) in [5, 5.41) is 18.9. The predicted octanol–water partition coefficient (Wildman–Crippen LogP) is 3.65. The molecule has 0 saturated carbocycles. The molecule has 0 aliphatic rings. The molecule has 2 rings (SSSR count). The van der Waals surface area contributed by atoms with Gasteiger partial charge in [0.15, 0.2) is 0 Å². The van der Waals surface area contributed by atoms with E-state index in [0.29, 0.717) is 25.7 Å². The van der Waals surface area contributed by atoms with E-state index in [1.54, 1.807) is 0 Å². The molecule has 2 aromatic rings. The second kappa shape index (κ2) is 8.87. The molecule has 0 bridgehead atoms. The lowest BCUT2D eigenvalue weighted by Crippen LogP contribution is -2.22. The Hall–Kier alpha value is -2.62. The van der Waals surface area contributed by atoms with Gasteiger partial charge in [-0.25, -0.2) is 0 Å². The molecule has 126 valence electrons. The molecule has 2 atom stereocenters. The molecule has 24 heavy (non-hydrogen) atoms. The zero-order valence-electron chi connectivity index (χ0n) is 13.5. The van der Waals surface area contributed by atoms with Crippen LogP contribution in [-0.4, -0.2) is 22.2 Å². The number of carbonyl (C=O) groups is 2. The predicted molar refractivity (Wildman–Crippen MR) is 91.8 cm³/mol. The van der Waals surface area contributed by atoms with Gasteiger partial charge < -0.3 is 10.2 Å². The van der Waals surface area contributed by atoms with Crippen LogP contribution in [0.2, 0.25) is 0 Å². The maximum atomic E-state index is 11.5. The van der Waals surface area contributed by atoms with E-state index in [0.717, 1.165) is 11.1 Å². The highest BCUT2D eigenvalue weighted by molar-refractivity contribution is 5.72. The third-order valence-corrected chi connectivity index (χ3v) is 4.21. The fourth-order valence-electron chi connectivity index (χ4n) is 2.83. The van der Waals surface area contributed by atoms with Gasteiger partial charge in [-0.05, 0) is 36.8 Å². The molecule has 0 aliphatic carbocycles. The van der Waals surface area contributed by atoms with Crippen LogP contribution < -0.4 is 0 Å². The first kappa shape index (κ1) is 17.7. The quantitative estimate of drug-likeness (QED) is 0.737. The van der Waals surface area contributed by atoms with Crippen molar-refractivity contribution >= 4 is 11.9 Å². The second-order valence-electron chi connectivity index (χ2n) is 6.03. The highest BCUT2D eigenvalue weighted by atomic mass is 16.4. The summed E-state index contributed by atoms with van der Waals surface area (Å²) in [5.74, 6) is -2.87. The van der Waals surface area contributed by atoms with Crippen molar-refractivity contribution in [1.82, 2.24) is 0 Å². The van der Waals surface area contributed by atoms with Gasteiger partial charge in [-0.15, -0.1) is 0 Å². The van der Waals surface area contributed by atoms with Gasteiger partial charge in [0.25, 0.3) is 0 Å². The first-order chi connectivity index (χ1) is 11.6. The number of carboxylic acids is 2. The molecule has 0 aliphatic heterocycles. The minimum atomic E-state index is -0.872. The maximum absolute atomic E-state index is 11.5. The van der Waals surface area contributed by atoms with Gasteiger partial charge in [0, 0.05) is 0 Å². The Morgan fingerprint density at radius 3 is 1.29 bits per heavy atom. The first-order valence-corrected chi connectivity index (χ1v) is 8.09. The van der Waals surface area contributed by atoms with Gasteiger partial charge in [0.05, 0.1) is 11.8 Å². The summed E-state index contributed by atoms with van der Waals surface area (Å²) < 4.78 is 0. The Balaban J connectivity index is 1.97. The van der Waals surface area contributed by atoms with Crippen LogP contribution in [0.3, 0.4) is 0 Å². The van der Waals surface area contributed by atoms with E-state index < -0.39 is 23.8 Å². The third-order valence-electron chi connectivity index (χ3n) is 4.21. The molecule has 4 heteroatoms. The number of carboxylic acid groups (broad SMARTS) is 2.